The molecule has 0 saturated heterocycles. The lowest BCUT2D eigenvalue weighted by Crippen LogP contribution is -2.27. The summed E-state index contributed by atoms with van der Waals surface area (Å²) in [6, 6.07) is 3.51. The van der Waals surface area contributed by atoms with Gasteiger partial charge in [0.25, 0.3) is 0 Å². The highest BCUT2D eigenvalue weighted by molar-refractivity contribution is 5.88. The molecule has 1 aromatic rings. The second-order valence-corrected chi connectivity index (χ2v) is 4.46. The highest BCUT2D eigenvalue weighted by Crippen LogP contribution is 2.31. The molecule has 0 spiro atoms. The monoisotopic (exact) mass is 253 g/mol. The molecule has 0 heterocycles. The first-order valence-corrected chi connectivity index (χ1v) is 5.47. The van der Waals surface area contributed by atoms with Crippen molar-refractivity contribution in [2.45, 2.75) is 32.8 Å². The molecule has 0 unspecified atom stereocenters. The summed E-state index contributed by atoms with van der Waals surface area (Å²) in [5.74, 6) is -1.17. The van der Waals surface area contributed by atoms with Gasteiger partial charge in [0.15, 0.2) is 5.75 Å². The molecular formula is C12H15NO5. The number of nitrogens with zero attached hydrogens (tertiary/aromatic N) is 1. The van der Waals surface area contributed by atoms with Crippen molar-refractivity contribution in [2.24, 2.45) is 0 Å². The van der Waals surface area contributed by atoms with Crippen LogP contribution in [0.4, 0.5) is 5.69 Å². The number of carboxylic acids is 1. The Morgan fingerprint density at radius 2 is 2.11 bits per heavy atom. The first-order chi connectivity index (χ1) is 8.26. The lowest BCUT2D eigenvalue weighted by atomic mass is 10.1. The van der Waals surface area contributed by atoms with E-state index < -0.39 is 16.5 Å². The predicted octanol–water partition coefficient (Wildman–Crippen LogP) is 2.86. The van der Waals surface area contributed by atoms with Crippen molar-refractivity contribution in [2.75, 3.05) is 0 Å². The number of nitro benzene ring substituents is 1. The van der Waals surface area contributed by atoms with Crippen LogP contribution in [0.3, 0.4) is 0 Å². The molecule has 0 aliphatic carbocycles. The van der Waals surface area contributed by atoms with Crippen LogP contribution < -0.4 is 4.74 Å². The molecule has 98 valence electrons. The topological polar surface area (TPSA) is 89.7 Å². The number of carbonyl (C=O) groups is 1. The summed E-state index contributed by atoms with van der Waals surface area (Å²) in [7, 11) is 0. The fourth-order valence-electron chi connectivity index (χ4n) is 1.25. The van der Waals surface area contributed by atoms with Crippen molar-refractivity contribution in [1.29, 1.82) is 0 Å². The summed E-state index contributed by atoms with van der Waals surface area (Å²) in [4.78, 5) is 21.1. The lowest BCUT2D eigenvalue weighted by molar-refractivity contribution is -0.386. The molecule has 0 aliphatic rings. The van der Waals surface area contributed by atoms with Crippen molar-refractivity contribution in [3.8, 4) is 5.75 Å². The van der Waals surface area contributed by atoms with Crippen LogP contribution in [0.1, 0.15) is 37.6 Å². The Balaban J connectivity index is 3.24. The molecule has 1 aromatic carbocycles. The highest BCUT2D eigenvalue weighted by atomic mass is 16.6. The molecular weight excluding hydrogens is 238 g/mol. The van der Waals surface area contributed by atoms with E-state index in [9.17, 15) is 14.9 Å². The van der Waals surface area contributed by atoms with Crippen molar-refractivity contribution in [1.82, 2.24) is 0 Å². The minimum Gasteiger partial charge on any atom is -0.481 e. The van der Waals surface area contributed by atoms with E-state index in [2.05, 4.69) is 0 Å². The van der Waals surface area contributed by atoms with Gasteiger partial charge in [0.2, 0.25) is 0 Å². The Kier molecular flexibility index (Phi) is 3.90. The summed E-state index contributed by atoms with van der Waals surface area (Å²) in [6.07, 6.45) is 0.640. The largest absolute Gasteiger partial charge is 0.481 e. The Hall–Kier alpha value is -2.11. The van der Waals surface area contributed by atoms with E-state index in [1.165, 1.54) is 12.1 Å². The van der Waals surface area contributed by atoms with Gasteiger partial charge in [-0.2, -0.15) is 0 Å². The van der Waals surface area contributed by atoms with Gasteiger partial charge in [0.05, 0.1) is 10.5 Å². The Bertz CT molecular complexity index is 481. The minimum atomic E-state index is -1.15. The summed E-state index contributed by atoms with van der Waals surface area (Å²) in [5, 5.41) is 19.7. The number of hydrogen-bond acceptors (Lipinski definition) is 4. The molecule has 1 rings (SSSR count). The van der Waals surface area contributed by atoms with Crippen LogP contribution in [0.5, 0.6) is 5.75 Å². The molecule has 0 radical (unpaired) electrons. The van der Waals surface area contributed by atoms with E-state index >= 15 is 0 Å². The summed E-state index contributed by atoms with van der Waals surface area (Å²) in [5.41, 5.74) is -0.869. The van der Waals surface area contributed by atoms with Crippen molar-refractivity contribution >= 4 is 11.7 Å². The number of aromatic carboxylic acids is 1. The number of nitro groups is 1. The van der Waals surface area contributed by atoms with E-state index in [1.54, 1.807) is 13.8 Å². The average molecular weight is 253 g/mol. The van der Waals surface area contributed by atoms with E-state index in [0.29, 0.717) is 6.42 Å². The third-order valence-corrected chi connectivity index (χ3v) is 2.64. The van der Waals surface area contributed by atoms with Gasteiger partial charge >= 0.3 is 11.7 Å². The number of ether oxygens (including phenoxy) is 1. The fraction of sp³-hybridized carbons (Fsp3) is 0.417. The zero-order chi connectivity index (χ0) is 13.9. The average Bonchev–Trinajstić information content (AvgIpc) is 2.28. The predicted molar refractivity (Wildman–Crippen MR) is 65.1 cm³/mol. The van der Waals surface area contributed by atoms with Crippen LogP contribution >= 0.6 is 0 Å². The zero-order valence-electron chi connectivity index (χ0n) is 10.5. The zero-order valence-corrected chi connectivity index (χ0v) is 10.5. The molecule has 18 heavy (non-hydrogen) atoms. The van der Waals surface area contributed by atoms with Crippen LogP contribution in [-0.4, -0.2) is 21.6 Å². The highest BCUT2D eigenvalue weighted by Gasteiger charge is 2.24. The quantitative estimate of drug-likeness (QED) is 0.643. The second-order valence-electron chi connectivity index (χ2n) is 4.46. The van der Waals surface area contributed by atoms with Crippen molar-refractivity contribution in [3.05, 3.63) is 33.9 Å². The molecule has 0 amide bonds. The molecule has 0 bridgehead atoms. The van der Waals surface area contributed by atoms with E-state index in [4.69, 9.17) is 9.84 Å². The normalized spacial score (nSPS) is 11.1. The van der Waals surface area contributed by atoms with Gasteiger partial charge in [-0.15, -0.1) is 0 Å². The summed E-state index contributed by atoms with van der Waals surface area (Å²) < 4.78 is 5.53. The number of benzene rings is 1. The first-order valence-electron chi connectivity index (χ1n) is 5.47. The third-order valence-electron chi connectivity index (χ3n) is 2.64. The molecule has 6 nitrogen and oxygen atoms in total. The molecule has 0 aliphatic heterocycles. The lowest BCUT2D eigenvalue weighted by Gasteiger charge is -2.24. The van der Waals surface area contributed by atoms with Gasteiger partial charge in [-0.25, -0.2) is 4.79 Å². The maximum atomic E-state index is 10.9. The van der Waals surface area contributed by atoms with Crippen molar-refractivity contribution in [3.63, 3.8) is 0 Å². The van der Waals surface area contributed by atoms with Crippen LogP contribution in [0.15, 0.2) is 18.2 Å². The number of hydrogen-bond donors (Lipinski definition) is 1. The van der Waals surface area contributed by atoms with Crippen LogP contribution in [0, 0.1) is 10.1 Å². The smallest absolute Gasteiger partial charge is 0.335 e. The van der Waals surface area contributed by atoms with Gasteiger partial charge in [-0.05, 0) is 26.3 Å². The van der Waals surface area contributed by atoms with E-state index in [1.807, 2.05) is 6.92 Å². The molecule has 6 heteroatoms. The van der Waals surface area contributed by atoms with Crippen LogP contribution in [0.2, 0.25) is 0 Å². The SMILES string of the molecule is CCC(C)(C)Oc1cc(C(=O)O)ccc1[N+](=O)[O-]. The first kappa shape index (κ1) is 14.0. The van der Waals surface area contributed by atoms with Gasteiger partial charge < -0.3 is 9.84 Å². The number of rotatable bonds is 5. The second kappa shape index (κ2) is 5.03. The Labute approximate surface area is 104 Å². The van der Waals surface area contributed by atoms with Crippen LogP contribution in [-0.2, 0) is 0 Å². The molecule has 0 aromatic heterocycles. The fourth-order valence-corrected chi connectivity index (χ4v) is 1.25. The Morgan fingerprint density at radius 3 is 2.56 bits per heavy atom. The molecule has 1 N–H and O–H groups in total. The van der Waals surface area contributed by atoms with E-state index in [0.717, 1.165) is 6.07 Å². The summed E-state index contributed by atoms with van der Waals surface area (Å²) >= 11 is 0. The van der Waals surface area contributed by atoms with E-state index in [-0.39, 0.29) is 17.0 Å². The Morgan fingerprint density at radius 1 is 1.50 bits per heavy atom. The third kappa shape index (κ3) is 3.19. The standard InChI is InChI=1S/C12H15NO5/c1-4-12(2,3)18-10-7-8(11(14)15)5-6-9(10)13(16)17/h5-7H,4H2,1-3H3,(H,14,15). The minimum absolute atomic E-state index is 0.0215. The molecule has 0 saturated carbocycles. The molecule has 0 atom stereocenters. The van der Waals surface area contributed by atoms with Gasteiger partial charge in [0, 0.05) is 12.1 Å². The van der Waals surface area contributed by atoms with Crippen molar-refractivity contribution < 1.29 is 19.6 Å². The number of carboxylic acid groups (broad SMARTS) is 1. The van der Waals surface area contributed by atoms with Gasteiger partial charge in [-0.1, -0.05) is 6.92 Å². The molecule has 0 fully saturated rings. The summed E-state index contributed by atoms with van der Waals surface area (Å²) in [6.45, 7) is 5.45. The van der Waals surface area contributed by atoms with Gasteiger partial charge in [0.1, 0.15) is 5.60 Å². The maximum absolute atomic E-state index is 10.9. The van der Waals surface area contributed by atoms with Gasteiger partial charge in [-0.3, -0.25) is 10.1 Å². The maximum Gasteiger partial charge on any atom is 0.335 e. The van der Waals surface area contributed by atoms with Crippen LogP contribution in [0.25, 0.3) is 0 Å².